The van der Waals surface area contributed by atoms with Gasteiger partial charge >= 0.3 is 0 Å². The Balaban J connectivity index is 2.31. The van der Waals surface area contributed by atoms with Crippen molar-refractivity contribution in [3.05, 3.63) is 29.3 Å². The van der Waals surface area contributed by atoms with E-state index in [1.807, 2.05) is 0 Å². The SMILES string of the molecule is CCc1cc(C2(CC(C)N)COC2)ccc1OC. The first-order valence-electron chi connectivity index (χ1n) is 6.62. The Morgan fingerprint density at radius 2 is 2.17 bits per heavy atom. The Hall–Kier alpha value is -1.06. The fourth-order valence-electron chi connectivity index (χ4n) is 2.75. The summed E-state index contributed by atoms with van der Waals surface area (Å²) in [6.45, 7) is 5.77. The van der Waals surface area contributed by atoms with Gasteiger partial charge in [0, 0.05) is 11.5 Å². The van der Waals surface area contributed by atoms with Crippen LogP contribution in [0, 0.1) is 0 Å². The van der Waals surface area contributed by atoms with E-state index in [9.17, 15) is 0 Å². The topological polar surface area (TPSA) is 44.5 Å². The summed E-state index contributed by atoms with van der Waals surface area (Å²) in [6.07, 6.45) is 1.95. The molecule has 1 saturated heterocycles. The number of aryl methyl sites for hydroxylation is 1. The van der Waals surface area contributed by atoms with E-state index in [4.69, 9.17) is 15.2 Å². The Morgan fingerprint density at radius 3 is 2.61 bits per heavy atom. The summed E-state index contributed by atoms with van der Waals surface area (Å²) < 4.78 is 10.8. The highest BCUT2D eigenvalue weighted by atomic mass is 16.5. The van der Waals surface area contributed by atoms with E-state index in [1.165, 1.54) is 11.1 Å². The van der Waals surface area contributed by atoms with Gasteiger partial charge in [0.25, 0.3) is 0 Å². The highest BCUT2D eigenvalue weighted by Crippen LogP contribution is 2.38. The molecule has 1 fully saturated rings. The molecule has 0 saturated carbocycles. The van der Waals surface area contributed by atoms with E-state index < -0.39 is 0 Å². The predicted octanol–water partition coefficient (Wildman–Crippen LogP) is 2.26. The van der Waals surface area contributed by atoms with Crippen molar-refractivity contribution in [1.82, 2.24) is 0 Å². The molecular formula is C15H23NO2. The van der Waals surface area contributed by atoms with Crippen molar-refractivity contribution in [2.24, 2.45) is 5.73 Å². The summed E-state index contributed by atoms with van der Waals surface area (Å²) in [5.41, 5.74) is 8.68. The molecule has 3 heteroatoms. The zero-order valence-corrected chi connectivity index (χ0v) is 11.5. The lowest BCUT2D eigenvalue weighted by molar-refractivity contribution is -0.0665. The molecule has 1 aliphatic heterocycles. The number of hydrogen-bond donors (Lipinski definition) is 1. The first-order chi connectivity index (χ1) is 8.61. The van der Waals surface area contributed by atoms with Crippen molar-refractivity contribution in [3.8, 4) is 5.75 Å². The molecule has 1 unspecified atom stereocenters. The van der Waals surface area contributed by atoms with Gasteiger partial charge < -0.3 is 15.2 Å². The quantitative estimate of drug-likeness (QED) is 0.870. The fourth-order valence-corrected chi connectivity index (χ4v) is 2.75. The maximum atomic E-state index is 5.97. The van der Waals surface area contributed by atoms with E-state index >= 15 is 0 Å². The average molecular weight is 249 g/mol. The molecular weight excluding hydrogens is 226 g/mol. The second-order valence-electron chi connectivity index (χ2n) is 5.33. The number of benzene rings is 1. The molecule has 2 rings (SSSR count). The van der Waals surface area contributed by atoms with Crippen LogP contribution in [0.5, 0.6) is 5.75 Å². The molecule has 18 heavy (non-hydrogen) atoms. The monoisotopic (exact) mass is 249 g/mol. The van der Waals surface area contributed by atoms with Crippen LogP contribution >= 0.6 is 0 Å². The van der Waals surface area contributed by atoms with Gasteiger partial charge in [-0.15, -0.1) is 0 Å². The summed E-state index contributed by atoms with van der Waals surface area (Å²) in [7, 11) is 1.72. The van der Waals surface area contributed by atoms with Gasteiger partial charge in [0.2, 0.25) is 0 Å². The van der Waals surface area contributed by atoms with Gasteiger partial charge in [-0.3, -0.25) is 0 Å². The van der Waals surface area contributed by atoms with E-state index in [2.05, 4.69) is 32.0 Å². The molecule has 0 spiro atoms. The maximum Gasteiger partial charge on any atom is 0.122 e. The van der Waals surface area contributed by atoms with Gasteiger partial charge in [0.15, 0.2) is 0 Å². The lowest BCUT2D eigenvalue weighted by Gasteiger charge is -2.43. The van der Waals surface area contributed by atoms with E-state index in [-0.39, 0.29) is 11.5 Å². The summed E-state index contributed by atoms with van der Waals surface area (Å²) in [4.78, 5) is 0. The van der Waals surface area contributed by atoms with Crippen LogP contribution < -0.4 is 10.5 Å². The van der Waals surface area contributed by atoms with E-state index in [1.54, 1.807) is 7.11 Å². The van der Waals surface area contributed by atoms with Crippen LogP contribution in [0.3, 0.4) is 0 Å². The van der Waals surface area contributed by atoms with Crippen LogP contribution in [0.4, 0.5) is 0 Å². The van der Waals surface area contributed by atoms with E-state index in [0.29, 0.717) is 0 Å². The van der Waals surface area contributed by atoms with Gasteiger partial charge in [-0.1, -0.05) is 19.1 Å². The smallest absolute Gasteiger partial charge is 0.122 e. The molecule has 100 valence electrons. The number of nitrogens with two attached hydrogens (primary N) is 1. The standard InChI is InChI=1S/C15H23NO2/c1-4-12-7-13(5-6-14(12)17-3)15(8-11(2)16)9-18-10-15/h5-7,11H,4,8-10,16H2,1-3H3. The molecule has 1 aromatic rings. The number of ether oxygens (including phenoxy) is 2. The highest BCUT2D eigenvalue weighted by Gasteiger charge is 2.41. The van der Waals surface area contributed by atoms with Crippen molar-refractivity contribution in [1.29, 1.82) is 0 Å². The second kappa shape index (κ2) is 5.29. The Morgan fingerprint density at radius 1 is 1.44 bits per heavy atom. The van der Waals surface area contributed by atoms with Gasteiger partial charge in [0.1, 0.15) is 5.75 Å². The number of methoxy groups -OCH3 is 1. The summed E-state index contributed by atoms with van der Waals surface area (Å²) in [5, 5.41) is 0. The summed E-state index contributed by atoms with van der Waals surface area (Å²) in [6, 6.07) is 6.67. The molecule has 0 radical (unpaired) electrons. The molecule has 1 aromatic carbocycles. The highest BCUT2D eigenvalue weighted by molar-refractivity contribution is 5.41. The summed E-state index contributed by atoms with van der Waals surface area (Å²) in [5.74, 6) is 0.970. The van der Waals surface area contributed by atoms with Gasteiger partial charge in [-0.05, 0) is 37.0 Å². The number of rotatable bonds is 5. The minimum absolute atomic E-state index is 0.115. The first kappa shape index (κ1) is 13.4. The third kappa shape index (κ3) is 2.38. The van der Waals surface area contributed by atoms with Crippen molar-refractivity contribution < 1.29 is 9.47 Å². The second-order valence-corrected chi connectivity index (χ2v) is 5.33. The van der Waals surface area contributed by atoms with Crippen LogP contribution in [0.1, 0.15) is 31.4 Å². The van der Waals surface area contributed by atoms with Crippen molar-refractivity contribution in [2.45, 2.75) is 38.1 Å². The maximum absolute atomic E-state index is 5.97. The molecule has 0 amide bonds. The van der Waals surface area contributed by atoms with Crippen LogP contribution in [-0.4, -0.2) is 26.4 Å². The lowest BCUT2D eigenvalue weighted by Crippen LogP contribution is -2.49. The fraction of sp³-hybridized carbons (Fsp3) is 0.600. The summed E-state index contributed by atoms with van der Waals surface area (Å²) >= 11 is 0. The van der Waals surface area contributed by atoms with Crippen LogP contribution in [-0.2, 0) is 16.6 Å². The van der Waals surface area contributed by atoms with Gasteiger partial charge in [-0.25, -0.2) is 0 Å². The molecule has 2 N–H and O–H groups in total. The molecule has 1 aliphatic rings. The number of hydrogen-bond acceptors (Lipinski definition) is 3. The molecule has 1 heterocycles. The zero-order valence-electron chi connectivity index (χ0n) is 11.5. The first-order valence-corrected chi connectivity index (χ1v) is 6.62. The Kier molecular flexibility index (Phi) is 3.93. The van der Waals surface area contributed by atoms with Crippen molar-refractivity contribution in [3.63, 3.8) is 0 Å². The molecule has 0 bridgehead atoms. The third-order valence-corrected chi connectivity index (χ3v) is 3.74. The van der Waals surface area contributed by atoms with E-state index in [0.717, 1.165) is 31.8 Å². The van der Waals surface area contributed by atoms with Crippen LogP contribution in [0.2, 0.25) is 0 Å². The van der Waals surface area contributed by atoms with Crippen molar-refractivity contribution >= 4 is 0 Å². The Bertz CT molecular complexity index is 411. The molecule has 3 nitrogen and oxygen atoms in total. The average Bonchev–Trinajstić information content (AvgIpc) is 2.32. The largest absolute Gasteiger partial charge is 0.496 e. The molecule has 0 aromatic heterocycles. The van der Waals surface area contributed by atoms with Gasteiger partial charge in [-0.2, -0.15) is 0 Å². The molecule has 1 atom stereocenters. The van der Waals surface area contributed by atoms with Gasteiger partial charge in [0.05, 0.1) is 20.3 Å². The molecule has 0 aliphatic carbocycles. The normalized spacial score (nSPS) is 19.1. The van der Waals surface area contributed by atoms with Crippen LogP contribution in [0.15, 0.2) is 18.2 Å². The predicted molar refractivity (Wildman–Crippen MR) is 73.1 cm³/mol. The zero-order chi connectivity index (χ0) is 13.2. The minimum atomic E-state index is 0.115. The minimum Gasteiger partial charge on any atom is -0.496 e. The lowest BCUT2D eigenvalue weighted by atomic mass is 9.73. The van der Waals surface area contributed by atoms with Crippen molar-refractivity contribution in [2.75, 3.05) is 20.3 Å². The van der Waals surface area contributed by atoms with Crippen LogP contribution in [0.25, 0.3) is 0 Å². The third-order valence-electron chi connectivity index (χ3n) is 3.74. The Labute approximate surface area is 109 Å².